The number of amides is 3. The molecular formula is C33H42N4O3. The molecule has 0 aliphatic carbocycles. The third kappa shape index (κ3) is 8.52. The van der Waals surface area contributed by atoms with Crippen LogP contribution in [-0.4, -0.2) is 65.8 Å². The van der Waals surface area contributed by atoms with Gasteiger partial charge in [0.1, 0.15) is 12.1 Å². The van der Waals surface area contributed by atoms with Crippen molar-refractivity contribution in [1.82, 2.24) is 15.1 Å². The first kappa shape index (κ1) is 30.6. The lowest BCUT2D eigenvalue weighted by Crippen LogP contribution is -2.55. The maximum Gasteiger partial charge on any atom is 0.246 e. The zero-order valence-electron chi connectivity index (χ0n) is 24.3. The Hall–Kier alpha value is -3.97. The van der Waals surface area contributed by atoms with Crippen LogP contribution in [0.25, 0.3) is 10.8 Å². The van der Waals surface area contributed by atoms with E-state index in [0.717, 1.165) is 21.9 Å². The molecule has 212 valence electrons. The van der Waals surface area contributed by atoms with Gasteiger partial charge in [-0.25, -0.2) is 0 Å². The molecule has 3 rings (SSSR count). The van der Waals surface area contributed by atoms with Crippen molar-refractivity contribution in [2.45, 2.75) is 57.7 Å². The third-order valence-electron chi connectivity index (χ3n) is 6.99. The van der Waals surface area contributed by atoms with Crippen LogP contribution in [0.5, 0.6) is 0 Å². The van der Waals surface area contributed by atoms with Gasteiger partial charge in [0, 0.05) is 39.0 Å². The predicted molar refractivity (Wildman–Crippen MR) is 162 cm³/mol. The molecule has 3 aromatic rings. The summed E-state index contributed by atoms with van der Waals surface area (Å²) in [5.74, 6) is -0.830. The highest BCUT2D eigenvalue weighted by atomic mass is 16.2. The maximum atomic E-state index is 14.1. The first-order valence-corrected chi connectivity index (χ1v) is 13.8. The summed E-state index contributed by atoms with van der Waals surface area (Å²) < 4.78 is 0. The van der Waals surface area contributed by atoms with Gasteiger partial charge < -0.3 is 20.9 Å². The lowest BCUT2D eigenvalue weighted by Gasteiger charge is -2.34. The Kier molecular flexibility index (Phi) is 10.6. The standard InChI is InChI=1S/C33H42N4O3/c1-6-35-31(39)28(22-24-13-8-7-9-14-24)37(5)32(40)29(36(4)30(38)17-12-20-33(2,3)34)23-25-18-19-26-15-10-11-16-27(26)21-25/h7-19,21,28-29H,6,20,22-23,34H2,1-5H3,(H,35,39)/b17-12+/t28-,29-/m1/s1. The summed E-state index contributed by atoms with van der Waals surface area (Å²) in [5.41, 5.74) is 7.49. The second-order valence-corrected chi connectivity index (χ2v) is 11.0. The zero-order valence-corrected chi connectivity index (χ0v) is 24.3. The van der Waals surface area contributed by atoms with Crippen LogP contribution in [0.2, 0.25) is 0 Å². The number of nitrogens with zero attached hydrogens (tertiary/aromatic N) is 2. The molecule has 0 bridgehead atoms. The Morgan fingerprint density at radius 2 is 1.48 bits per heavy atom. The normalized spacial score (nSPS) is 13.2. The molecular weight excluding hydrogens is 500 g/mol. The first-order valence-electron chi connectivity index (χ1n) is 13.8. The van der Waals surface area contributed by atoms with Gasteiger partial charge in [-0.15, -0.1) is 0 Å². The predicted octanol–water partition coefficient (Wildman–Crippen LogP) is 4.10. The number of hydrogen-bond donors (Lipinski definition) is 2. The molecule has 2 atom stereocenters. The van der Waals surface area contributed by atoms with Gasteiger partial charge in [-0.3, -0.25) is 14.4 Å². The van der Waals surface area contributed by atoms with Gasteiger partial charge in [-0.05, 0) is 55.2 Å². The molecule has 0 saturated carbocycles. The summed E-state index contributed by atoms with van der Waals surface area (Å²) in [6, 6.07) is 22.2. The Morgan fingerprint density at radius 1 is 0.850 bits per heavy atom. The fourth-order valence-electron chi connectivity index (χ4n) is 4.64. The molecule has 0 radical (unpaired) electrons. The molecule has 40 heavy (non-hydrogen) atoms. The van der Waals surface area contributed by atoms with Crippen LogP contribution in [0.15, 0.2) is 84.9 Å². The third-order valence-corrected chi connectivity index (χ3v) is 6.99. The smallest absolute Gasteiger partial charge is 0.246 e. The van der Waals surface area contributed by atoms with Crippen molar-refractivity contribution in [3.63, 3.8) is 0 Å². The molecule has 0 spiro atoms. The number of hydrogen-bond acceptors (Lipinski definition) is 4. The monoisotopic (exact) mass is 542 g/mol. The highest BCUT2D eigenvalue weighted by molar-refractivity contribution is 5.95. The van der Waals surface area contributed by atoms with Crippen LogP contribution in [0.1, 0.15) is 38.3 Å². The van der Waals surface area contributed by atoms with Crippen molar-refractivity contribution >= 4 is 28.5 Å². The van der Waals surface area contributed by atoms with E-state index in [1.807, 2.05) is 93.6 Å². The minimum atomic E-state index is -0.818. The molecule has 0 aromatic heterocycles. The first-order chi connectivity index (χ1) is 19.0. The molecule has 3 amide bonds. The van der Waals surface area contributed by atoms with Gasteiger partial charge in [-0.1, -0.05) is 78.9 Å². The van der Waals surface area contributed by atoms with E-state index in [1.54, 1.807) is 20.2 Å². The van der Waals surface area contributed by atoms with Crippen molar-refractivity contribution in [2.75, 3.05) is 20.6 Å². The van der Waals surface area contributed by atoms with Crippen LogP contribution in [-0.2, 0) is 27.2 Å². The molecule has 3 N–H and O–H groups in total. The van der Waals surface area contributed by atoms with Crippen LogP contribution in [0.3, 0.4) is 0 Å². The van der Waals surface area contributed by atoms with Crippen molar-refractivity contribution in [3.05, 3.63) is 96.1 Å². The minimum Gasteiger partial charge on any atom is -0.355 e. The molecule has 0 heterocycles. The van der Waals surface area contributed by atoms with Crippen LogP contribution >= 0.6 is 0 Å². The Balaban J connectivity index is 1.94. The van der Waals surface area contributed by atoms with Gasteiger partial charge in [0.15, 0.2) is 0 Å². The van der Waals surface area contributed by atoms with Crippen molar-refractivity contribution in [3.8, 4) is 0 Å². The molecule has 3 aromatic carbocycles. The number of fused-ring (bicyclic) bond motifs is 1. The number of carbonyl (C=O) groups excluding carboxylic acids is 3. The summed E-state index contributed by atoms with van der Waals surface area (Å²) >= 11 is 0. The molecule has 0 aliphatic heterocycles. The summed E-state index contributed by atoms with van der Waals surface area (Å²) in [6.07, 6.45) is 4.40. The second-order valence-electron chi connectivity index (χ2n) is 11.0. The number of benzene rings is 3. The largest absolute Gasteiger partial charge is 0.355 e. The van der Waals surface area contributed by atoms with E-state index in [-0.39, 0.29) is 17.7 Å². The molecule has 0 saturated heterocycles. The van der Waals surface area contributed by atoms with Crippen molar-refractivity contribution in [2.24, 2.45) is 5.73 Å². The number of likely N-dealkylation sites (N-methyl/N-ethyl adjacent to an activating group) is 3. The van der Waals surface area contributed by atoms with E-state index in [0.29, 0.717) is 25.8 Å². The van der Waals surface area contributed by atoms with Gasteiger partial charge in [0.25, 0.3) is 0 Å². The van der Waals surface area contributed by atoms with Crippen LogP contribution in [0.4, 0.5) is 0 Å². The lowest BCUT2D eigenvalue weighted by atomic mass is 9.98. The number of nitrogens with two attached hydrogens (primary N) is 1. The lowest BCUT2D eigenvalue weighted by molar-refractivity contribution is -0.146. The SMILES string of the molecule is CCNC(=O)[C@@H](Cc1ccccc1)N(C)C(=O)[C@@H](Cc1ccc2ccccc2c1)N(C)C(=O)/C=C/CC(C)(C)N. The number of nitrogens with one attached hydrogen (secondary N) is 1. The zero-order chi connectivity index (χ0) is 29.3. The van der Waals surface area contributed by atoms with Crippen LogP contribution < -0.4 is 11.1 Å². The fourth-order valence-corrected chi connectivity index (χ4v) is 4.64. The number of carbonyl (C=O) groups is 3. The van der Waals surface area contributed by atoms with Gasteiger partial charge in [0.05, 0.1) is 0 Å². The highest BCUT2D eigenvalue weighted by Gasteiger charge is 2.34. The molecule has 7 heteroatoms. The van der Waals surface area contributed by atoms with Crippen molar-refractivity contribution < 1.29 is 14.4 Å². The van der Waals surface area contributed by atoms with E-state index >= 15 is 0 Å². The van der Waals surface area contributed by atoms with Gasteiger partial charge in [-0.2, -0.15) is 0 Å². The minimum absolute atomic E-state index is 0.231. The van der Waals surface area contributed by atoms with Gasteiger partial charge in [0.2, 0.25) is 17.7 Å². The van der Waals surface area contributed by atoms with Gasteiger partial charge >= 0.3 is 0 Å². The molecule has 0 fully saturated rings. The second kappa shape index (κ2) is 13.9. The van der Waals surface area contributed by atoms with Crippen LogP contribution in [0, 0.1) is 0 Å². The summed E-state index contributed by atoms with van der Waals surface area (Å²) in [4.78, 5) is 43.5. The Labute approximate surface area is 238 Å². The summed E-state index contributed by atoms with van der Waals surface area (Å²) in [7, 11) is 3.28. The number of rotatable bonds is 12. The van der Waals surface area contributed by atoms with E-state index in [2.05, 4.69) is 5.32 Å². The quantitative estimate of drug-likeness (QED) is 0.337. The van der Waals surface area contributed by atoms with Crippen molar-refractivity contribution in [1.29, 1.82) is 0 Å². The van der Waals surface area contributed by atoms with E-state index in [4.69, 9.17) is 5.73 Å². The maximum absolute atomic E-state index is 14.1. The molecule has 7 nitrogen and oxygen atoms in total. The topological polar surface area (TPSA) is 95.7 Å². The average molecular weight is 543 g/mol. The Bertz CT molecular complexity index is 1330. The summed E-state index contributed by atoms with van der Waals surface area (Å²) in [6.45, 7) is 6.08. The van der Waals surface area contributed by atoms with E-state index in [1.165, 1.54) is 15.9 Å². The van der Waals surface area contributed by atoms with E-state index < -0.39 is 17.6 Å². The van der Waals surface area contributed by atoms with E-state index in [9.17, 15) is 14.4 Å². The summed E-state index contributed by atoms with van der Waals surface area (Å²) in [5, 5.41) is 5.03. The molecule has 0 unspecified atom stereocenters. The molecule has 0 aliphatic rings. The Morgan fingerprint density at radius 3 is 2.12 bits per heavy atom. The fraction of sp³-hybridized carbons (Fsp3) is 0.364. The highest BCUT2D eigenvalue weighted by Crippen LogP contribution is 2.20. The average Bonchev–Trinajstić information content (AvgIpc) is 2.93.